The number of halogens is 1. The van der Waals surface area contributed by atoms with Crippen LogP contribution >= 0.6 is 12.4 Å². The van der Waals surface area contributed by atoms with Gasteiger partial charge in [0.05, 0.1) is 85.1 Å². The number of likely N-dealkylation sites (tertiary alicyclic amines) is 3. The summed E-state index contributed by atoms with van der Waals surface area (Å²) in [5.41, 5.74) is 3.23. The van der Waals surface area contributed by atoms with Crippen molar-refractivity contribution in [3.05, 3.63) is 88.7 Å². The normalized spacial score (nSPS) is 28.5. The van der Waals surface area contributed by atoms with E-state index in [1.807, 2.05) is 27.7 Å². The van der Waals surface area contributed by atoms with Crippen LogP contribution in [-0.4, -0.2) is 236 Å². The van der Waals surface area contributed by atoms with Gasteiger partial charge in [-0.25, -0.2) is 33.6 Å². The van der Waals surface area contributed by atoms with Crippen LogP contribution in [0.1, 0.15) is 208 Å². The number of hydrogen-bond donors (Lipinski definition) is 11. The van der Waals surface area contributed by atoms with Crippen molar-refractivity contribution in [1.82, 2.24) is 40.0 Å². The van der Waals surface area contributed by atoms with Crippen LogP contribution in [0.15, 0.2) is 55.1 Å². The quantitative estimate of drug-likeness (QED) is 0.0387. The van der Waals surface area contributed by atoms with Crippen LogP contribution < -0.4 is 95.8 Å². The third-order valence-corrected chi connectivity index (χ3v) is 17.4. The number of amides is 7. The van der Waals surface area contributed by atoms with Crippen molar-refractivity contribution in [1.29, 1.82) is 0 Å². The monoisotopic (exact) mass is 1640 g/mol. The van der Waals surface area contributed by atoms with Crippen molar-refractivity contribution < 1.29 is 163 Å². The number of ether oxygens (including phenoxy) is 11. The smallest absolute Gasteiger partial charge is 0.850 e. The van der Waals surface area contributed by atoms with E-state index in [4.69, 9.17) is 62.0 Å². The minimum Gasteiger partial charge on any atom is -0.850 e. The van der Waals surface area contributed by atoms with Crippen LogP contribution in [0, 0.1) is 11.8 Å². The zero-order valence-corrected chi connectivity index (χ0v) is 72.8. The number of hydrogen-bond acceptors (Lipinski definition) is 27. The number of carbonyl (C=O) groups excluding carboxylic acids is 7. The number of nitrogens with one attached hydrogen (secondary N) is 5. The molecule has 2 aromatic rings. The molecule has 7 aliphatic heterocycles. The Hall–Kier alpha value is -6.18. The number of imide groups is 1. The molecule has 0 unspecified atom stereocenters. The summed E-state index contributed by atoms with van der Waals surface area (Å²) in [5.74, 6) is -5.04. The van der Waals surface area contributed by atoms with Crippen molar-refractivity contribution in [3.8, 4) is 0 Å². The van der Waals surface area contributed by atoms with Gasteiger partial charge >= 0.3 is 93.0 Å². The molecular weight excluding hydrogens is 1520 g/mol. The number of methoxy groups -OCH3 is 1. The van der Waals surface area contributed by atoms with Crippen molar-refractivity contribution in [2.45, 2.75) is 315 Å². The fourth-order valence-electron chi connectivity index (χ4n) is 13.8. The number of esters is 1. The number of rotatable bonds is 10. The van der Waals surface area contributed by atoms with Crippen LogP contribution in [0.3, 0.4) is 0 Å². The predicted octanol–water partition coefficient (Wildman–Crippen LogP) is 0.570. The van der Waals surface area contributed by atoms with E-state index in [1.54, 1.807) is 136 Å². The summed E-state index contributed by atoms with van der Waals surface area (Å²) in [7, 11) is 1.45. The first-order valence-corrected chi connectivity index (χ1v) is 36.3. The van der Waals surface area contributed by atoms with E-state index in [0.29, 0.717) is 24.8 Å². The minimum atomic E-state index is -1.07. The van der Waals surface area contributed by atoms with Gasteiger partial charge in [-0.15, -0.1) is 18.0 Å². The van der Waals surface area contributed by atoms with Gasteiger partial charge in [0.25, 0.3) is 17.0 Å². The molecule has 7 fully saturated rings. The minimum absolute atomic E-state index is 0. The second kappa shape index (κ2) is 39.2. The van der Waals surface area contributed by atoms with E-state index in [1.165, 1.54) is 41.6 Å². The van der Waals surface area contributed by atoms with Gasteiger partial charge in [-0.1, -0.05) is 40.7 Å². The number of nitrogens with zero attached hydrogens (tertiary/aromatic N) is 3. The fourth-order valence-corrected chi connectivity index (χ4v) is 13.8. The van der Waals surface area contributed by atoms with E-state index in [9.17, 15) is 68.4 Å². The number of aromatic nitrogens is 4. The number of aliphatic hydroxyl groups excluding tert-OH is 4. The van der Waals surface area contributed by atoms with Gasteiger partial charge in [-0.3, -0.25) is 49.2 Å². The number of urea groups is 1. The molecule has 8 aliphatic rings. The maximum absolute atomic E-state index is 13.2. The fraction of sp³-hybridized carbons (Fsp3) is 0.740. The van der Waals surface area contributed by atoms with Gasteiger partial charge in [-0.05, 0) is 144 Å². The Morgan fingerprint density at radius 1 is 0.571 bits per heavy atom. The van der Waals surface area contributed by atoms with Gasteiger partial charge < -0.3 is 99.1 Å². The van der Waals surface area contributed by atoms with Crippen molar-refractivity contribution >= 4 is 54.5 Å². The second-order valence-corrected chi connectivity index (χ2v) is 33.8. The average molecular weight is 1640 g/mol. The number of aliphatic hydroxyl groups is 4. The van der Waals surface area contributed by atoms with E-state index in [0.717, 1.165) is 0 Å². The SMILES string of the molecule is CC(C)(C)OC(=O)N1[C@H](CO)[C@H]2OC(C)(C)O[C@H]2[C@@H]1c1c[nH]c(=O)[nH]c1=O.CC(C)(C)[O-].CC[C@@H]1[C@H]2OC(C)(C)O[C@H]2[C@H](/C(=C/OC)C(=O)OC(C)(C)C)N1C(=O)OC(C)(C)C.CC[C@@H]1[C@H]2OC(C)(C)O[C@H]2[C@H](c2c[nH]c(=O)[nH]c2=O)N1C(=O)OC(C)(C)C.Cl.NC(N)=O.O=C1CC=C([C@@H]2C[C@H](CO)[C@@H](O)[C@H]2O)C(=O)N1.[K+]. The number of nitrogens with two attached hydrogens (primary N) is 2. The molecule has 112 heavy (non-hydrogen) atoms. The maximum Gasteiger partial charge on any atom is 1.00 e. The molecule has 7 amide bonds. The first-order chi connectivity index (χ1) is 50.2. The molecule has 630 valence electrons. The van der Waals surface area contributed by atoms with E-state index in [2.05, 4.69) is 36.7 Å². The van der Waals surface area contributed by atoms with Crippen LogP contribution in [0.4, 0.5) is 19.2 Å². The molecule has 0 radical (unpaired) electrons. The summed E-state index contributed by atoms with van der Waals surface area (Å²) >= 11 is 0. The zero-order chi connectivity index (χ0) is 84.0. The summed E-state index contributed by atoms with van der Waals surface area (Å²) in [4.78, 5) is 145. The Bertz CT molecular complexity index is 3750. The second-order valence-electron chi connectivity index (χ2n) is 33.8. The van der Waals surface area contributed by atoms with Gasteiger partial charge in [-0.2, -0.15) is 0 Å². The average Bonchev–Trinajstić information content (AvgIpc) is 1.58. The van der Waals surface area contributed by atoms with Gasteiger partial charge in [0.2, 0.25) is 5.91 Å². The molecule has 1 aliphatic carbocycles. The van der Waals surface area contributed by atoms with Crippen LogP contribution in [0.2, 0.25) is 0 Å². The molecule has 0 aromatic carbocycles. The molecule has 6 saturated heterocycles. The van der Waals surface area contributed by atoms with Crippen LogP contribution in [0.25, 0.3) is 0 Å². The molecule has 16 atom stereocenters. The van der Waals surface area contributed by atoms with Crippen LogP contribution in [-0.2, 0) is 66.5 Å². The molecule has 37 nitrogen and oxygen atoms in total. The van der Waals surface area contributed by atoms with E-state index < -0.39 is 195 Å². The Morgan fingerprint density at radius 2 is 0.920 bits per heavy atom. The van der Waals surface area contributed by atoms with Crippen molar-refractivity contribution in [2.75, 3.05) is 20.3 Å². The first-order valence-electron chi connectivity index (χ1n) is 36.3. The number of H-pyrrole nitrogens is 4. The first kappa shape index (κ1) is 100. The summed E-state index contributed by atoms with van der Waals surface area (Å²) in [6.45, 7) is 40.0. The summed E-state index contributed by atoms with van der Waals surface area (Å²) in [6.07, 6.45) is -0.193. The molecule has 2 aromatic heterocycles. The number of fused-ring (bicyclic) bond motifs is 3. The van der Waals surface area contributed by atoms with Gasteiger partial charge in [0.15, 0.2) is 17.4 Å². The van der Waals surface area contributed by atoms with Crippen LogP contribution in [0.5, 0.6) is 0 Å². The number of primary amides is 2. The Kier molecular flexibility index (Phi) is 35.0. The van der Waals surface area contributed by atoms with Gasteiger partial charge in [0.1, 0.15) is 59.0 Å². The summed E-state index contributed by atoms with van der Waals surface area (Å²) in [6, 6.07) is -4.68. The molecule has 0 spiro atoms. The van der Waals surface area contributed by atoms with Crippen molar-refractivity contribution in [2.24, 2.45) is 23.3 Å². The summed E-state index contributed by atoms with van der Waals surface area (Å²) in [5, 5.41) is 50.7. The molecule has 39 heteroatoms. The zero-order valence-electron chi connectivity index (χ0n) is 68.9. The topological polar surface area (TPSA) is 530 Å². The third kappa shape index (κ3) is 26.9. The predicted molar refractivity (Wildman–Crippen MR) is 398 cm³/mol. The van der Waals surface area contributed by atoms with E-state index >= 15 is 0 Å². The maximum atomic E-state index is 13.2. The standard InChI is InChI=1S/C22H37NO7.C18H27N3O6.C17H25N3O7.C11H15NO5.C4H9O.CH4N2O.ClH.K/c1-11-14-16-17(28-22(8,9)27-16)15(23(14)19(25)30-21(5,6)7)13(12-26-10)18(24)29-20(2,3)4;1-7-10-12-13(26-18(5,6)25-12)11(9-8-19-15(23)20-14(9)22)21(10)16(24)27-17(2,3)4;1-16(2,3)27-15(24)20-9(7-21)11-12(26-17(4,5)25-11)10(20)8-6-18-14(23)19-13(8)22;13-4-5-3-7(10(16)9(5)15)6-1-2-8(14)12-11(6)17;1-4(2,3)5;2-1(3)4;;/h12,14-17H,11H2,1-10H3;8,10-13H,7H2,1-6H3,(H2,19,20,22,23);6,9-12,21H,7H2,1-5H3,(H2,18,19,22,23);1,5,7,9-10,13,15-16H,2-4H2,(H,12,14,17);1-3H3;(H4,2,3,4);1H;/q;;;;-1;;;+1/b13-12-;;;;;;;/t14-,15+,16-,17+;10-,11+,12-,13+;9-,10+,11-,12+;5-,7+,9-,10+;;;;/m1111..../s1. The third-order valence-electron chi connectivity index (χ3n) is 17.4. The molecule has 10 rings (SSSR count). The Morgan fingerprint density at radius 3 is 1.26 bits per heavy atom. The number of carbonyl (C=O) groups is 7. The van der Waals surface area contributed by atoms with Crippen molar-refractivity contribution in [3.63, 3.8) is 0 Å². The van der Waals surface area contributed by atoms with E-state index in [-0.39, 0.29) is 112 Å². The number of aromatic amines is 4. The largest absolute Gasteiger partial charge is 1.00 e. The Balaban J connectivity index is 0.000000375. The molecule has 13 N–H and O–H groups in total. The van der Waals surface area contributed by atoms with Gasteiger partial charge in [0, 0.05) is 42.8 Å². The molecule has 1 saturated carbocycles. The summed E-state index contributed by atoms with van der Waals surface area (Å²) < 4.78 is 63.7. The molecule has 9 heterocycles. The molecule has 0 bridgehead atoms. The Labute approximate surface area is 699 Å². The molecular formula is C73H118ClKN10O27.